The number of fused-ring (bicyclic) bond motifs is 1. The minimum Gasteiger partial charge on any atom is -0.493 e. The number of ether oxygens (including phenoxy) is 1. The van der Waals surface area contributed by atoms with Crippen LogP contribution in [0.15, 0.2) is 50.5 Å². The van der Waals surface area contributed by atoms with Crippen LogP contribution in [0, 0.1) is 11.3 Å². The first-order valence-electron chi connectivity index (χ1n) is 11.7. The first-order chi connectivity index (χ1) is 16.3. The number of rotatable bonds is 7. The first-order valence-corrected chi connectivity index (χ1v) is 13.3. The Balaban J connectivity index is 1.63. The third kappa shape index (κ3) is 5.63. The number of nitrogens with zero attached hydrogens (tertiary/aromatic N) is 1. The van der Waals surface area contributed by atoms with E-state index in [-0.39, 0.29) is 11.3 Å². The monoisotopic (exact) mass is 542 g/mol. The summed E-state index contributed by atoms with van der Waals surface area (Å²) in [5, 5.41) is 3.79. The highest BCUT2D eigenvalue weighted by atomic mass is 79.9. The van der Waals surface area contributed by atoms with Crippen LogP contribution in [0.4, 0.5) is 5.00 Å². The molecule has 0 bridgehead atoms. The fourth-order valence-electron chi connectivity index (χ4n) is 4.31. The van der Waals surface area contributed by atoms with Gasteiger partial charge in [0.25, 0.3) is 5.91 Å². The minimum absolute atomic E-state index is 0.0943. The van der Waals surface area contributed by atoms with Gasteiger partial charge in [-0.3, -0.25) is 4.79 Å². The number of halogens is 1. The van der Waals surface area contributed by atoms with E-state index in [1.54, 1.807) is 17.6 Å². The summed E-state index contributed by atoms with van der Waals surface area (Å²) in [5.74, 6) is 2.03. The molecule has 0 spiro atoms. The summed E-state index contributed by atoms with van der Waals surface area (Å²) in [6, 6.07) is 9.57. The van der Waals surface area contributed by atoms with Crippen molar-refractivity contribution in [1.82, 2.24) is 5.32 Å². The molecule has 0 saturated carbocycles. The summed E-state index contributed by atoms with van der Waals surface area (Å²) >= 11 is 5.22. The van der Waals surface area contributed by atoms with E-state index in [0.29, 0.717) is 24.6 Å². The molecule has 4 rings (SSSR count). The average molecular weight is 544 g/mol. The first kappa shape index (κ1) is 24.7. The van der Waals surface area contributed by atoms with Gasteiger partial charge >= 0.3 is 0 Å². The van der Waals surface area contributed by atoms with E-state index >= 15 is 0 Å². The number of aliphatic imine (C=N–C) groups is 1. The Morgan fingerprint density at radius 1 is 1.35 bits per heavy atom. The smallest absolute Gasteiger partial charge is 0.255 e. The van der Waals surface area contributed by atoms with Crippen LogP contribution >= 0.6 is 27.3 Å². The minimum atomic E-state index is -0.0943. The van der Waals surface area contributed by atoms with E-state index < -0.39 is 0 Å². The number of nitrogens with one attached hydrogen (secondary N) is 1. The van der Waals surface area contributed by atoms with E-state index in [9.17, 15) is 4.79 Å². The number of carbonyl (C=O) groups excluding carboxylic acids is 1. The molecule has 2 aromatic heterocycles. The van der Waals surface area contributed by atoms with Gasteiger partial charge in [0.2, 0.25) is 0 Å². The predicted molar refractivity (Wildman–Crippen MR) is 142 cm³/mol. The van der Waals surface area contributed by atoms with Crippen molar-refractivity contribution in [3.05, 3.63) is 68.4 Å². The Hall–Kier alpha value is -2.38. The molecule has 0 fully saturated rings. The second kappa shape index (κ2) is 10.5. The molecule has 0 aliphatic heterocycles. The fraction of sp³-hybridized carbons (Fsp3) is 0.407. The molecule has 3 aromatic rings. The van der Waals surface area contributed by atoms with Gasteiger partial charge in [-0.25, -0.2) is 4.99 Å². The molecule has 1 aliphatic carbocycles. The molecule has 2 heterocycles. The maximum absolute atomic E-state index is 13.3. The summed E-state index contributed by atoms with van der Waals surface area (Å²) in [6.45, 7) is 9.83. The average Bonchev–Trinajstić information content (AvgIpc) is 3.44. The summed E-state index contributed by atoms with van der Waals surface area (Å²) < 4.78 is 11.9. The highest BCUT2D eigenvalue weighted by molar-refractivity contribution is 9.10. The number of hydrogen-bond acceptors (Lipinski definition) is 5. The van der Waals surface area contributed by atoms with Gasteiger partial charge in [-0.1, -0.05) is 20.8 Å². The molecule has 1 N–H and O–H groups in total. The van der Waals surface area contributed by atoms with E-state index in [0.717, 1.165) is 51.4 Å². The Morgan fingerprint density at radius 2 is 2.18 bits per heavy atom. The summed E-state index contributed by atoms with van der Waals surface area (Å²) in [5.41, 5.74) is 3.04. The lowest BCUT2D eigenvalue weighted by molar-refractivity contribution is 0.0947. The van der Waals surface area contributed by atoms with E-state index in [4.69, 9.17) is 14.1 Å². The highest BCUT2D eigenvalue weighted by Gasteiger charge is 2.33. The molecule has 1 atom stereocenters. The van der Waals surface area contributed by atoms with Crippen LogP contribution in [0.2, 0.25) is 0 Å². The number of benzene rings is 1. The summed E-state index contributed by atoms with van der Waals surface area (Å²) in [7, 11) is 0. The van der Waals surface area contributed by atoms with E-state index in [1.165, 1.54) is 4.88 Å². The van der Waals surface area contributed by atoms with Crippen LogP contribution < -0.4 is 10.1 Å². The quantitative estimate of drug-likeness (QED) is 0.317. The SMILES string of the molecule is CCOc1ccc(C=Nc2sc3c(c2C(=O)NCc2ccco2)CC[C@H](C(C)(C)C)C3)cc1Br. The van der Waals surface area contributed by atoms with Gasteiger partial charge in [-0.05, 0) is 94.9 Å². The topological polar surface area (TPSA) is 63.8 Å². The van der Waals surface area contributed by atoms with Gasteiger partial charge < -0.3 is 14.5 Å². The van der Waals surface area contributed by atoms with Gasteiger partial charge in [-0.15, -0.1) is 11.3 Å². The molecule has 1 aliphatic rings. The van der Waals surface area contributed by atoms with Crippen molar-refractivity contribution in [1.29, 1.82) is 0 Å². The maximum Gasteiger partial charge on any atom is 0.255 e. The number of carbonyl (C=O) groups is 1. The number of thiophene rings is 1. The van der Waals surface area contributed by atoms with Crippen molar-refractivity contribution in [3.8, 4) is 5.75 Å². The van der Waals surface area contributed by atoms with Crippen LogP contribution in [-0.4, -0.2) is 18.7 Å². The molecule has 1 aromatic carbocycles. The van der Waals surface area contributed by atoms with Gasteiger partial charge in [0, 0.05) is 11.1 Å². The molecular weight excluding hydrogens is 512 g/mol. The zero-order valence-corrected chi connectivity index (χ0v) is 22.5. The third-order valence-electron chi connectivity index (χ3n) is 6.29. The second-order valence-electron chi connectivity index (χ2n) is 9.63. The van der Waals surface area contributed by atoms with Crippen LogP contribution in [0.1, 0.15) is 66.2 Å². The van der Waals surface area contributed by atoms with Crippen LogP contribution in [0.3, 0.4) is 0 Å². The van der Waals surface area contributed by atoms with Crippen molar-refractivity contribution < 1.29 is 13.9 Å². The molecule has 5 nitrogen and oxygen atoms in total. The van der Waals surface area contributed by atoms with E-state index in [2.05, 4.69) is 42.0 Å². The van der Waals surface area contributed by atoms with E-state index in [1.807, 2.05) is 43.5 Å². The molecule has 1 amide bonds. The van der Waals surface area contributed by atoms with Gasteiger partial charge in [0.15, 0.2) is 0 Å². The zero-order valence-electron chi connectivity index (χ0n) is 20.1. The van der Waals surface area contributed by atoms with Crippen LogP contribution in [-0.2, 0) is 19.4 Å². The highest BCUT2D eigenvalue weighted by Crippen LogP contribution is 2.45. The largest absolute Gasteiger partial charge is 0.493 e. The molecule has 0 saturated heterocycles. The summed E-state index contributed by atoms with van der Waals surface area (Å²) in [4.78, 5) is 19.4. The zero-order chi connectivity index (χ0) is 24.3. The molecule has 0 unspecified atom stereocenters. The van der Waals surface area contributed by atoms with Crippen molar-refractivity contribution >= 4 is 44.4 Å². The molecule has 180 valence electrons. The predicted octanol–water partition coefficient (Wildman–Crippen LogP) is 7.33. The number of furan rings is 1. The maximum atomic E-state index is 13.3. The van der Waals surface area contributed by atoms with Crippen LogP contribution in [0.5, 0.6) is 5.75 Å². The number of hydrogen-bond donors (Lipinski definition) is 1. The molecule has 0 radical (unpaired) electrons. The molecule has 34 heavy (non-hydrogen) atoms. The van der Waals surface area contributed by atoms with Crippen LogP contribution in [0.25, 0.3) is 0 Å². The Morgan fingerprint density at radius 3 is 2.85 bits per heavy atom. The third-order valence-corrected chi connectivity index (χ3v) is 8.07. The van der Waals surface area contributed by atoms with Crippen molar-refractivity contribution in [2.75, 3.05) is 6.61 Å². The Kier molecular flexibility index (Phi) is 7.63. The van der Waals surface area contributed by atoms with Gasteiger partial charge in [0.1, 0.15) is 16.5 Å². The Labute approximate surface area is 213 Å². The van der Waals surface area contributed by atoms with Crippen molar-refractivity contribution in [2.45, 2.75) is 53.5 Å². The van der Waals surface area contributed by atoms with Gasteiger partial charge in [0.05, 0.1) is 29.5 Å². The summed E-state index contributed by atoms with van der Waals surface area (Å²) in [6.07, 6.45) is 6.42. The Bertz CT molecular complexity index is 1180. The second-order valence-corrected chi connectivity index (χ2v) is 11.6. The normalized spacial score (nSPS) is 16.0. The lowest BCUT2D eigenvalue weighted by Crippen LogP contribution is -2.28. The standard InChI is InChI=1S/C27H31BrN2O3S/c1-5-32-22-11-8-17(13-21(22)28)15-30-26-24(25(31)29-16-19-7-6-12-33-19)20-10-9-18(27(2,3)4)14-23(20)34-26/h6-8,11-13,15,18H,5,9-10,14,16H2,1-4H3,(H,29,31)/t18-/m0/s1. The fourth-order valence-corrected chi connectivity index (χ4v) is 6.09. The lowest BCUT2D eigenvalue weighted by atomic mass is 9.72. The lowest BCUT2D eigenvalue weighted by Gasteiger charge is -2.33. The van der Waals surface area contributed by atoms with Crippen molar-refractivity contribution in [3.63, 3.8) is 0 Å². The molecule has 7 heteroatoms. The number of amides is 1. The van der Waals surface area contributed by atoms with Gasteiger partial charge in [-0.2, -0.15) is 0 Å². The van der Waals surface area contributed by atoms with Crippen molar-refractivity contribution in [2.24, 2.45) is 16.3 Å². The molecular formula is C27H31BrN2O3S.